The standard InChI is InChI=1S/C15H24FNO2Si/c1-15(2,3)19-14(18)17(20(4,5)6)11-12-8-7-9-13(16)10-12/h7-10H,11H2,1-6H3. The molecular weight excluding hydrogens is 273 g/mol. The van der Waals surface area contributed by atoms with E-state index in [9.17, 15) is 9.18 Å². The summed E-state index contributed by atoms with van der Waals surface area (Å²) in [7, 11) is -1.91. The molecule has 0 bridgehead atoms. The third-order valence-corrected chi connectivity index (χ3v) is 4.61. The lowest BCUT2D eigenvalue weighted by molar-refractivity contribution is 0.0364. The molecule has 3 nitrogen and oxygen atoms in total. The Morgan fingerprint density at radius 2 is 1.90 bits per heavy atom. The molecule has 0 N–H and O–H groups in total. The highest BCUT2D eigenvalue weighted by Gasteiger charge is 2.32. The summed E-state index contributed by atoms with van der Waals surface area (Å²) in [5, 5.41) is 0. The minimum atomic E-state index is -1.91. The van der Waals surface area contributed by atoms with Crippen molar-refractivity contribution < 1.29 is 13.9 Å². The highest BCUT2D eigenvalue weighted by atomic mass is 28.3. The van der Waals surface area contributed by atoms with E-state index >= 15 is 0 Å². The van der Waals surface area contributed by atoms with Gasteiger partial charge in [-0.2, -0.15) is 0 Å². The second kappa shape index (κ2) is 5.95. The van der Waals surface area contributed by atoms with Crippen molar-refractivity contribution in [2.24, 2.45) is 0 Å². The van der Waals surface area contributed by atoms with Crippen molar-refractivity contribution in [2.45, 2.75) is 52.6 Å². The van der Waals surface area contributed by atoms with Crippen LogP contribution >= 0.6 is 0 Å². The Kier molecular flexibility index (Phi) is 4.97. The minimum absolute atomic E-state index is 0.290. The first kappa shape index (κ1) is 16.7. The number of carbonyl (C=O) groups is 1. The monoisotopic (exact) mass is 297 g/mol. The molecule has 0 saturated carbocycles. The normalized spacial score (nSPS) is 12.2. The van der Waals surface area contributed by atoms with Crippen LogP contribution in [0.4, 0.5) is 9.18 Å². The largest absolute Gasteiger partial charge is 0.444 e. The van der Waals surface area contributed by atoms with Crippen LogP contribution in [-0.4, -0.2) is 24.5 Å². The van der Waals surface area contributed by atoms with E-state index in [0.29, 0.717) is 6.54 Å². The van der Waals surface area contributed by atoms with Gasteiger partial charge in [0.15, 0.2) is 8.24 Å². The maximum Gasteiger partial charge on any atom is 0.402 e. The number of hydrogen-bond donors (Lipinski definition) is 0. The molecule has 0 radical (unpaired) electrons. The van der Waals surface area contributed by atoms with Crippen LogP contribution in [0.1, 0.15) is 26.3 Å². The molecule has 1 rings (SSSR count). The summed E-state index contributed by atoms with van der Waals surface area (Å²) in [4.78, 5) is 12.3. The van der Waals surface area contributed by atoms with Crippen LogP contribution in [0.15, 0.2) is 24.3 Å². The zero-order valence-electron chi connectivity index (χ0n) is 13.2. The topological polar surface area (TPSA) is 29.5 Å². The van der Waals surface area contributed by atoms with Gasteiger partial charge < -0.3 is 9.30 Å². The number of rotatable bonds is 3. The molecule has 0 fully saturated rings. The molecule has 20 heavy (non-hydrogen) atoms. The predicted octanol–water partition coefficient (Wildman–Crippen LogP) is 4.40. The molecule has 0 saturated heterocycles. The van der Waals surface area contributed by atoms with E-state index in [1.807, 2.05) is 26.8 Å². The Morgan fingerprint density at radius 1 is 1.30 bits per heavy atom. The summed E-state index contributed by atoms with van der Waals surface area (Å²) in [6.07, 6.45) is -0.332. The molecule has 0 aliphatic carbocycles. The van der Waals surface area contributed by atoms with Crippen molar-refractivity contribution >= 4 is 14.3 Å². The van der Waals surface area contributed by atoms with Gasteiger partial charge in [-0.1, -0.05) is 31.8 Å². The van der Waals surface area contributed by atoms with E-state index in [2.05, 4.69) is 19.6 Å². The van der Waals surface area contributed by atoms with Crippen LogP contribution in [0.3, 0.4) is 0 Å². The smallest absolute Gasteiger partial charge is 0.402 e. The van der Waals surface area contributed by atoms with Crippen LogP contribution < -0.4 is 0 Å². The van der Waals surface area contributed by atoms with E-state index in [1.54, 1.807) is 10.6 Å². The Hall–Kier alpha value is -1.36. The van der Waals surface area contributed by atoms with E-state index in [0.717, 1.165) is 5.56 Å². The average molecular weight is 297 g/mol. The lowest BCUT2D eigenvalue weighted by atomic mass is 10.2. The number of ether oxygens (including phenoxy) is 1. The second-order valence-corrected chi connectivity index (χ2v) is 11.7. The van der Waals surface area contributed by atoms with E-state index < -0.39 is 13.8 Å². The van der Waals surface area contributed by atoms with Crippen LogP contribution in [-0.2, 0) is 11.3 Å². The van der Waals surface area contributed by atoms with Crippen molar-refractivity contribution in [3.63, 3.8) is 0 Å². The highest BCUT2D eigenvalue weighted by molar-refractivity contribution is 6.75. The molecule has 0 heterocycles. The van der Waals surface area contributed by atoms with E-state index in [-0.39, 0.29) is 11.9 Å². The van der Waals surface area contributed by atoms with Gasteiger partial charge in [-0.05, 0) is 38.5 Å². The molecule has 0 aliphatic heterocycles. The third kappa shape index (κ3) is 5.33. The third-order valence-electron chi connectivity index (χ3n) is 2.65. The van der Waals surface area contributed by atoms with Gasteiger partial charge in [-0.3, -0.25) is 0 Å². The molecule has 0 aliphatic rings. The van der Waals surface area contributed by atoms with Crippen molar-refractivity contribution in [1.29, 1.82) is 0 Å². The fraction of sp³-hybridized carbons (Fsp3) is 0.533. The molecule has 0 spiro atoms. The molecule has 1 amide bonds. The maximum absolute atomic E-state index is 13.3. The number of benzene rings is 1. The van der Waals surface area contributed by atoms with Crippen LogP contribution in [0.25, 0.3) is 0 Å². The first-order valence-corrected chi connectivity index (χ1v) is 10.2. The number of hydrogen-bond acceptors (Lipinski definition) is 2. The minimum Gasteiger partial charge on any atom is -0.444 e. The van der Waals surface area contributed by atoms with Gasteiger partial charge in [0.25, 0.3) is 0 Å². The van der Waals surface area contributed by atoms with Crippen LogP contribution in [0, 0.1) is 5.82 Å². The Bertz CT molecular complexity index is 477. The van der Waals surface area contributed by atoms with Crippen molar-refractivity contribution in [3.05, 3.63) is 35.6 Å². The number of halogens is 1. The number of carbonyl (C=O) groups excluding carboxylic acids is 1. The quantitative estimate of drug-likeness (QED) is 0.774. The van der Waals surface area contributed by atoms with E-state index in [4.69, 9.17) is 4.74 Å². The molecule has 1 aromatic rings. The number of amides is 1. The van der Waals surface area contributed by atoms with E-state index in [1.165, 1.54) is 12.1 Å². The predicted molar refractivity (Wildman–Crippen MR) is 81.5 cm³/mol. The summed E-state index contributed by atoms with van der Waals surface area (Å²) in [5.74, 6) is -0.290. The highest BCUT2D eigenvalue weighted by Crippen LogP contribution is 2.19. The molecule has 112 valence electrons. The molecule has 5 heteroatoms. The van der Waals surface area contributed by atoms with Crippen LogP contribution in [0.5, 0.6) is 0 Å². The average Bonchev–Trinajstić information content (AvgIpc) is 2.21. The Morgan fingerprint density at radius 3 is 2.35 bits per heavy atom. The van der Waals surface area contributed by atoms with Gasteiger partial charge >= 0.3 is 6.09 Å². The molecular formula is C15H24FNO2Si. The molecule has 0 atom stereocenters. The first-order valence-electron chi connectivity index (χ1n) is 6.74. The van der Waals surface area contributed by atoms with Gasteiger partial charge in [-0.15, -0.1) is 0 Å². The van der Waals surface area contributed by atoms with Gasteiger partial charge in [0.05, 0.1) is 0 Å². The fourth-order valence-electron chi connectivity index (χ4n) is 1.71. The molecule has 0 unspecified atom stereocenters. The van der Waals surface area contributed by atoms with Crippen LogP contribution in [0.2, 0.25) is 19.6 Å². The van der Waals surface area contributed by atoms with Gasteiger partial charge in [-0.25, -0.2) is 9.18 Å². The summed E-state index contributed by atoms with van der Waals surface area (Å²) >= 11 is 0. The van der Waals surface area contributed by atoms with Gasteiger partial charge in [0.1, 0.15) is 11.4 Å². The maximum atomic E-state index is 13.3. The SMILES string of the molecule is CC(C)(C)OC(=O)N(Cc1cccc(F)c1)[Si](C)(C)C. The van der Waals surface area contributed by atoms with Crippen molar-refractivity contribution in [1.82, 2.24) is 4.57 Å². The zero-order valence-corrected chi connectivity index (χ0v) is 14.2. The Balaban J connectivity index is 2.94. The summed E-state index contributed by atoms with van der Waals surface area (Å²) in [6, 6.07) is 6.33. The lowest BCUT2D eigenvalue weighted by Gasteiger charge is -2.35. The second-order valence-electron chi connectivity index (χ2n) is 6.87. The molecule has 1 aromatic carbocycles. The lowest BCUT2D eigenvalue weighted by Crippen LogP contribution is -2.50. The van der Waals surface area contributed by atoms with Gasteiger partial charge in [0, 0.05) is 6.54 Å². The van der Waals surface area contributed by atoms with Crippen molar-refractivity contribution in [2.75, 3.05) is 0 Å². The van der Waals surface area contributed by atoms with Crippen molar-refractivity contribution in [3.8, 4) is 0 Å². The fourth-order valence-corrected chi connectivity index (χ4v) is 2.96. The summed E-state index contributed by atoms with van der Waals surface area (Å²) in [5.41, 5.74) is 0.245. The number of nitrogens with zero attached hydrogens (tertiary/aromatic N) is 1. The summed E-state index contributed by atoms with van der Waals surface area (Å²) < 4.78 is 20.5. The first-order chi connectivity index (χ1) is 8.99. The van der Waals surface area contributed by atoms with Gasteiger partial charge in [0.2, 0.25) is 0 Å². The molecule has 0 aromatic heterocycles. The summed E-state index contributed by atoms with van der Waals surface area (Å²) in [6.45, 7) is 12.1. The zero-order chi connectivity index (χ0) is 15.6. The Labute approximate surface area is 121 Å².